The first-order valence-corrected chi connectivity index (χ1v) is 8.98. The zero-order valence-electron chi connectivity index (χ0n) is 14.6. The zero-order chi connectivity index (χ0) is 19.0. The molecule has 8 nitrogen and oxygen atoms in total. The van der Waals surface area contributed by atoms with Crippen LogP contribution in [0.5, 0.6) is 0 Å². The fourth-order valence-electron chi connectivity index (χ4n) is 3.24. The van der Waals surface area contributed by atoms with Crippen molar-refractivity contribution in [1.29, 1.82) is 0 Å². The second-order valence-electron chi connectivity index (χ2n) is 6.47. The molecule has 2 N–H and O–H groups in total. The van der Waals surface area contributed by atoms with Crippen LogP contribution in [0.4, 0.5) is 16.3 Å². The van der Waals surface area contributed by atoms with Crippen LogP contribution >= 0.6 is 11.6 Å². The lowest BCUT2D eigenvalue weighted by Gasteiger charge is -2.15. The van der Waals surface area contributed by atoms with Crippen LogP contribution in [-0.4, -0.2) is 33.4 Å². The van der Waals surface area contributed by atoms with Gasteiger partial charge in [0, 0.05) is 22.5 Å². The van der Waals surface area contributed by atoms with Crippen LogP contribution < -0.4 is 10.6 Å². The lowest BCUT2D eigenvalue weighted by molar-refractivity contribution is -0.119. The minimum atomic E-state index is -0.465. The molecule has 3 amide bonds. The highest BCUT2D eigenvalue weighted by Crippen LogP contribution is 2.27. The Bertz CT molecular complexity index is 993. The Morgan fingerprint density at radius 1 is 1.26 bits per heavy atom. The third kappa shape index (κ3) is 3.61. The van der Waals surface area contributed by atoms with E-state index >= 15 is 0 Å². The molecule has 1 atom stereocenters. The molecule has 2 aliphatic rings. The molecule has 1 unspecified atom stereocenters. The second kappa shape index (κ2) is 6.96. The molecule has 2 heterocycles. The van der Waals surface area contributed by atoms with Crippen molar-refractivity contribution >= 4 is 46.7 Å². The smallest absolute Gasteiger partial charge is 0.308 e. The Morgan fingerprint density at radius 3 is 2.93 bits per heavy atom. The fourth-order valence-corrected chi connectivity index (χ4v) is 3.43. The van der Waals surface area contributed by atoms with Crippen LogP contribution in [0.25, 0.3) is 0 Å². The van der Waals surface area contributed by atoms with Gasteiger partial charge in [-0.05, 0) is 44.4 Å². The van der Waals surface area contributed by atoms with Crippen molar-refractivity contribution < 1.29 is 9.59 Å². The number of halogens is 1. The number of fused-ring (bicyclic) bond motifs is 1. The number of nitrogens with one attached hydrogen (secondary N) is 2. The maximum Gasteiger partial charge on any atom is 0.324 e. The highest BCUT2D eigenvalue weighted by Gasteiger charge is 2.33. The van der Waals surface area contributed by atoms with E-state index in [0.717, 1.165) is 25.0 Å². The Balaban J connectivity index is 1.57. The van der Waals surface area contributed by atoms with Gasteiger partial charge in [0.15, 0.2) is 0 Å². The van der Waals surface area contributed by atoms with Crippen LogP contribution in [0.3, 0.4) is 0 Å². The summed E-state index contributed by atoms with van der Waals surface area (Å²) in [6, 6.07) is 8.04. The summed E-state index contributed by atoms with van der Waals surface area (Å²) in [6.07, 6.45) is 2.51. The first-order valence-electron chi connectivity index (χ1n) is 8.60. The highest BCUT2D eigenvalue weighted by atomic mass is 35.5. The number of aromatic nitrogens is 2. The molecule has 1 aliphatic carbocycles. The molecule has 0 bridgehead atoms. The van der Waals surface area contributed by atoms with Crippen LogP contribution in [0.2, 0.25) is 5.02 Å². The molecule has 4 rings (SSSR count). The van der Waals surface area contributed by atoms with E-state index in [1.165, 1.54) is 4.68 Å². The third-order valence-electron chi connectivity index (χ3n) is 4.42. The Kier molecular flexibility index (Phi) is 4.49. The number of urea groups is 1. The average Bonchev–Trinajstić information content (AvgIpc) is 3.21. The molecule has 2 aromatic rings. The van der Waals surface area contributed by atoms with Crippen molar-refractivity contribution in [3.63, 3.8) is 0 Å². The van der Waals surface area contributed by atoms with Crippen LogP contribution in [-0.2, 0) is 4.79 Å². The molecule has 0 spiro atoms. The van der Waals surface area contributed by atoms with Crippen molar-refractivity contribution in [3.05, 3.63) is 41.0 Å². The van der Waals surface area contributed by atoms with Crippen molar-refractivity contribution in [2.24, 2.45) is 15.9 Å². The van der Waals surface area contributed by atoms with E-state index in [2.05, 4.69) is 25.7 Å². The zero-order valence-corrected chi connectivity index (χ0v) is 15.3. The molecule has 9 heteroatoms. The van der Waals surface area contributed by atoms with E-state index < -0.39 is 6.03 Å². The van der Waals surface area contributed by atoms with E-state index in [4.69, 9.17) is 11.6 Å². The quantitative estimate of drug-likeness (QED) is 0.828. The summed E-state index contributed by atoms with van der Waals surface area (Å²) in [5.41, 5.74) is 2.06. The number of rotatable bonds is 2. The molecule has 138 valence electrons. The molecule has 1 saturated carbocycles. The van der Waals surface area contributed by atoms with Gasteiger partial charge in [-0.2, -0.15) is 14.8 Å². The minimum Gasteiger partial charge on any atom is -0.308 e. The molecule has 1 aromatic heterocycles. The predicted molar refractivity (Wildman–Crippen MR) is 104 cm³/mol. The summed E-state index contributed by atoms with van der Waals surface area (Å²) in [6.45, 7) is 1.78. The summed E-state index contributed by atoms with van der Waals surface area (Å²) < 4.78 is 1.38. The SMILES string of the molecule is Cc1cc(NC(=O)Nc2cccc(Cl)c2)n(C2=NC(=O)C3CCCC3=N2)n1. The summed E-state index contributed by atoms with van der Waals surface area (Å²) in [5, 5.41) is 10.3. The summed E-state index contributed by atoms with van der Waals surface area (Å²) in [5.74, 6) is 0.154. The van der Waals surface area contributed by atoms with E-state index in [1.54, 1.807) is 37.3 Å². The molecule has 27 heavy (non-hydrogen) atoms. The number of benzene rings is 1. The normalized spacial score (nSPS) is 18.6. The van der Waals surface area contributed by atoms with Crippen molar-refractivity contribution in [1.82, 2.24) is 9.78 Å². The Hall–Kier alpha value is -3.00. The molecule has 1 aromatic carbocycles. The number of nitrogens with zero attached hydrogens (tertiary/aromatic N) is 4. The number of hydrogen-bond donors (Lipinski definition) is 2. The number of carbonyl (C=O) groups excluding carboxylic acids is 2. The first-order chi connectivity index (χ1) is 13.0. The number of aliphatic imine (C=N–C) groups is 2. The number of anilines is 2. The predicted octanol–water partition coefficient (Wildman–Crippen LogP) is 3.47. The van der Waals surface area contributed by atoms with Crippen molar-refractivity contribution in [3.8, 4) is 0 Å². The summed E-state index contributed by atoms with van der Waals surface area (Å²) >= 11 is 5.93. The van der Waals surface area contributed by atoms with Gasteiger partial charge in [-0.3, -0.25) is 10.1 Å². The molecule has 1 aliphatic heterocycles. The van der Waals surface area contributed by atoms with Gasteiger partial charge in [0.1, 0.15) is 5.82 Å². The largest absolute Gasteiger partial charge is 0.324 e. The van der Waals surface area contributed by atoms with E-state index in [9.17, 15) is 9.59 Å². The lowest BCUT2D eigenvalue weighted by Crippen LogP contribution is -2.29. The highest BCUT2D eigenvalue weighted by molar-refractivity contribution is 6.31. The Morgan fingerprint density at radius 2 is 2.11 bits per heavy atom. The number of aryl methyl sites for hydroxylation is 1. The second-order valence-corrected chi connectivity index (χ2v) is 6.91. The van der Waals surface area contributed by atoms with Crippen LogP contribution in [0.15, 0.2) is 40.3 Å². The third-order valence-corrected chi connectivity index (χ3v) is 4.66. The Labute approximate surface area is 160 Å². The van der Waals surface area contributed by atoms with Gasteiger partial charge in [-0.15, -0.1) is 0 Å². The standard InChI is InChI=1S/C18H17ClN6O2/c1-10-8-15(22-18(27)20-12-5-2-4-11(19)9-12)25(24-10)17-21-14-7-3-6-13(14)16(26)23-17/h2,4-5,8-9,13H,3,6-7H2,1H3,(H2,20,22,27). The van der Waals surface area contributed by atoms with Crippen molar-refractivity contribution in [2.75, 3.05) is 10.6 Å². The minimum absolute atomic E-state index is 0.180. The van der Waals surface area contributed by atoms with Crippen LogP contribution in [0.1, 0.15) is 25.0 Å². The molecular formula is C18H17ClN6O2. The molecule has 0 radical (unpaired) electrons. The summed E-state index contributed by atoms with van der Waals surface area (Å²) in [7, 11) is 0. The number of carbonyl (C=O) groups is 2. The summed E-state index contributed by atoms with van der Waals surface area (Å²) in [4.78, 5) is 33.2. The van der Waals surface area contributed by atoms with Gasteiger partial charge in [0.05, 0.1) is 11.6 Å². The maximum absolute atomic E-state index is 12.3. The van der Waals surface area contributed by atoms with E-state index in [-0.39, 0.29) is 17.8 Å². The fraction of sp³-hybridized carbons (Fsp3) is 0.278. The molecular weight excluding hydrogens is 368 g/mol. The average molecular weight is 385 g/mol. The van der Waals surface area contributed by atoms with Gasteiger partial charge in [0.2, 0.25) is 0 Å². The van der Waals surface area contributed by atoms with E-state index in [1.807, 2.05) is 0 Å². The molecule has 1 fully saturated rings. The monoisotopic (exact) mass is 384 g/mol. The van der Waals surface area contributed by atoms with Gasteiger partial charge in [0.25, 0.3) is 11.9 Å². The van der Waals surface area contributed by atoms with Gasteiger partial charge < -0.3 is 5.32 Å². The van der Waals surface area contributed by atoms with Crippen LogP contribution in [0, 0.1) is 12.8 Å². The number of hydrogen-bond acceptors (Lipinski definition) is 4. The molecule has 0 saturated heterocycles. The van der Waals surface area contributed by atoms with Gasteiger partial charge in [-0.1, -0.05) is 17.7 Å². The van der Waals surface area contributed by atoms with Gasteiger partial charge >= 0.3 is 6.03 Å². The maximum atomic E-state index is 12.3. The topological polar surface area (TPSA) is 101 Å². The number of amides is 3. The van der Waals surface area contributed by atoms with Crippen molar-refractivity contribution in [2.45, 2.75) is 26.2 Å². The first kappa shape index (κ1) is 17.4. The van der Waals surface area contributed by atoms with E-state index in [0.29, 0.717) is 22.2 Å². The van der Waals surface area contributed by atoms with Gasteiger partial charge in [-0.25, -0.2) is 9.79 Å². The lowest BCUT2D eigenvalue weighted by atomic mass is 10.1.